The zero-order valence-corrected chi connectivity index (χ0v) is 9.21. The second kappa shape index (κ2) is 4.40. The highest BCUT2D eigenvalue weighted by Crippen LogP contribution is 2.52. The fraction of sp³-hybridized carbons (Fsp3) is 1.00. The van der Waals surface area contributed by atoms with Crippen LogP contribution in [0.4, 0.5) is 0 Å². The van der Waals surface area contributed by atoms with Crippen molar-refractivity contribution in [3.8, 4) is 0 Å². The number of nitrogens with two attached hydrogens (primary N) is 1. The van der Waals surface area contributed by atoms with Gasteiger partial charge in [-0.25, -0.2) is 0 Å². The lowest BCUT2D eigenvalue weighted by Gasteiger charge is -2.26. The molecule has 0 aromatic carbocycles. The highest BCUT2D eigenvalue weighted by Gasteiger charge is 2.34. The first kappa shape index (κ1) is 12.2. The third-order valence-electron chi connectivity index (χ3n) is 2.33. The van der Waals surface area contributed by atoms with E-state index in [0.29, 0.717) is 6.42 Å². The standard InChI is InChI=1S/C8H20NO2P/c1-5-7(4)12(10,11)8(9)6(2)3/h6-8H,5,9H2,1-4H3,(H,10,11). The third kappa shape index (κ3) is 2.58. The molecule has 0 heterocycles. The molecule has 0 aromatic heterocycles. The molecule has 0 aromatic rings. The van der Waals surface area contributed by atoms with E-state index in [4.69, 9.17) is 5.73 Å². The van der Waals surface area contributed by atoms with Gasteiger partial charge in [0, 0.05) is 5.66 Å². The molecule has 0 spiro atoms. The van der Waals surface area contributed by atoms with Crippen LogP contribution in [-0.2, 0) is 4.57 Å². The molecule has 0 radical (unpaired) electrons. The highest BCUT2D eigenvalue weighted by molar-refractivity contribution is 7.59. The lowest BCUT2D eigenvalue weighted by molar-refractivity contribution is 0.426. The molecule has 4 heteroatoms. The summed E-state index contributed by atoms with van der Waals surface area (Å²) in [6, 6.07) is 0. The average Bonchev–Trinajstić information content (AvgIpc) is 2.01. The molecule has 0 bridgehead atoms. The third-order valence-corrected chi connectivity index (χ3v) is 5.41. The maximum Gasteiger partial charge on any atom is 0.219 e. The fourth-order valence-corrected chi connectivity index (χ4v) is 2.95. The second-order valence-electron chi connectivity index (χ2n) is 3.66. The van der Waals surface area contributed by atoms with Gasteiger partial charge in [-0.2, -0.15) is 0 Å². The van der Waals surface area contributed by atoms with Gasteiger partial charge in [0.05, 0.1) is 5.78 Å². The van der Waals surface area contributed by atoms with E-state index in [1.807, 2.05) is 20.8 Å². The minimum atomic E-state index is -3.15. The summed E-state index contributed by atoms with van der Waals surface area (Å²) in [7, 11) is -3.15. The molecule has 74 valence electrons. The van der Waals surface area contributed by atoms with Crippen LogP contribution < -0.4 is 5.73 Å². The van der Waals surface area contributed by atoms with Crippen molar-refractivity contribution in [2.45, 2.75) is 45.6 Å². The molecule has 3 atom stereocenters. The molecule has 0 rings (SSSR count). The Kier molecular flexibility index (Phi) is 4.46. The maximum atomic E-state index is 11.7. The first-order chi connectivity index (χ1) is 5.34. The Morgan fingerprint density at radius 2 is 1.83 bits per heavy atom. The lowest BCUT2D eigenvalue weighted by Crippen LogP contribution is -2.29. The van der Waals surface area contributed by atoms with Crippen LogP contribution in [0.25, 0.3) is 0 Å². The molecule has 0 saturated heterocycles. The van der Waals surface area contributed by atoms with E-state index in [-0.39, 0.29) is 11.6 Å². The van der Waals surface area contributed by atoms with Crippen molar-refractivity contribution in [2.24, 2.45) is 11.7 Å². The van der Waals surface area contributed by atoms with Gasteiger partial charge in [0.2, 0.25) is 7.37 Å². The van der Waals surface area contributed by atoms with Gasteiger partial charge in [-0.05, 0) is 12.3 Å². The molecule has 0 aliphatic carbocycles. The minimum absolute atomic E-state index is 0.0647. The molecule has 0 aliphatic heterocycles. The van der Waals surface area contributed by atoms with Crippen LogP contribution in [0.15, 0.2) is 0 Å². The molecular weight excluding hydrogens is 173 g/mol. The van der Waals surface area contributed by atoms with Gasteiger partial charge in [-0.15, -0.1) is 0 Å². The summed E-state index contributed by atoms with van der Waals surface area (Å²) in [6.45, 7) is 7.43. The zero-order chi connectivity index (χ0) is 9.94. The molecule has 0 saturated carbocycles. The molecule has 3 nitrogen and oxygen atoms in total. The normalized spacial score (nSPS) is 21.9. The summed E-state index contributed by atoms with van der Waals surface area (Å²) in [5.74, 6) is -0.512. The van der Waals surface area contributed by atoms with Crippen molar-refractivity contribution in [3.63, 3.8) is 0 Å². The lowest BCUT2D eigenvalue weighted by atomic mass is 10.2. The second-order valence-corrected chi connectivity index (χ2v) is 6.49. The molecule has 0 aliphatic rings. The van der Waals surface area contributed by atoms with Crippen LogP contribution in [0, 0.1) is 5.92 Å². The van der Waals surface area contributed by atoms with Crippen molar-refractivity contribution in [1.82, 2.24) is 0 Å². The predicted octanol–water partition coefficient (Wildman–Crippen LogP) is 2.00. The summed E-state index contributed by atoms with van der Waals surface area (Å²) in [5.41, 5.74) is 5.47. The van der Waals surface area contributed by atoms with E-state index in [1.165, 1.54) is 0 Å². The predicted molar refractivity (Wildman–Crippen MR) is 52.4 cm³/mol. The minimum Gasteiger partial charge on any atom is -0.343 e. The van der Waals surface area contributed by atoms with Crippen LogP contribution in [0.3, 0.4) is 0 Å². The monoisotopic (exact) mass is 193 g/mol. The fourth-order valence-electron chi connectivity index (χ4n) is 0.983. The van der Waals surface area contributed by atoms with E-state index < -0.39 is 13.2 Å². The molecule has 12 heavy (non-hydrogen) atoms. The Labute approximate surface area is 74.8 Å². The van der Waals surface area contributed by atoms with Gasteiger partial charge in [0.1, 0.15) is 0 Å². The van der Waals surface area contributed by atoms with Gasteiger partial charge in [0.25, 0.3) is 0 Å². The first-order valence-corrected chi connectivity index (χ1v) is 6.21. The summed E-state index contributed by atoms with van der Waals surface area (Å²) >= 11 is 0. The SMILES string of the molecule is CCC(C)P(=O)(O)C(N)C(C)C. The zero-order valence-electron chi connectivity index (χ0n) is 8.32. The van der Waals surface area contributed by atoms with E-state index >= 15 is 0 Å². The Hall–Kier alpha value is 0.150. The molecule has 3 unspecified atom stereocenters. The number of hydrogen-bond donors (Lipinski definition) is 2. The summed E-state index contributed by atoms with van der Waals surface area (Å²) in [5, 5.41) is 0. The molecule has 3 N–H and O–H groups in total. The van der Waals surface area contributed by atoms with Gasteiger partial charge in [-0.1, -0.05) is 27.7 Å². The van der Waals surface area contributed by atoms with Crippen LogP contribution in [0.2, 0.25) is 0 Å². The van der Waals surface area contributed by atoms with E-state index in [1.54, 1.807) is 6.92 Å². The molecular formula is C8H20NO2P. The van der Waals surface area contributed by atoms with Crippen molar-refractivity contribution < 1.29 is 9.46 Å². The van der Waals surface area contributed by atoms with E-state index in [0.717, 1.165) is 0 Å². The van der Waals surface area contributed by atoms with Gasteiger partial charge in [-0.3, -0.25) is 4.57 Å². The van der Waals surface area contributed by atoms with Crippen LogP contribution in [0.5, 0.6) is 0 Å². The topological polar surface area (TPSA) is 63.3 Å². The number of hydrogen-bond acceptors (Lipinski definition) is 2. The average molecular weight is 193 g/mol. The van der Waals surface area contributed by atoms with Crippen molar-refractivity contribution >= 4 is 7.37 Å². The largest absolute Gasteiger partial charge is 0.343 e. The Morgan fingerprint density at radius 3 is 2.08 bits per heavy atom. The van der Waals surface area contributed by atoms with Gasteiger partial charge < -0.3 is 10.6 Å². The van der Waals surface area contributed by atoms with E-state index in [9.17, 15) is 9.46 Å². The van der Waals surface area contributed by atoms with Crippen LogP contribution in [-0.4, -0.2) is 16.3 Å². The van der Waals surface area contributed by atoms with Crippen molar-refractivity contribution in [2.75, 3.05) is 0 Å². The molecule has 0 fully saturated rings. The number of rotatable bonds is 4. The van der Waals surface area contributed by atoms with Crippen molar-refractivity contribution in [1.29, 1.82) is 0 Å². The highest BCUT2D eigenvalue weighted by atomic mass is 31.2. The first-order valence-electron chi connectivity index (χ1n) is 4.41. The quantitative estimate of drug-likeness (QED) is 0.671. The van der Waals surface area contributed by atoms with E-state index in [2.05, 4.69) is 0 Å². The van der Waals surface area contributed by atoms with Crippen LogP contribution in [0.1, 0.15) is 34.1 Å². The summed E-state index contributed by atoms with van der Waals surface area (Å²) in [4.78, 5) is 9.65. The van der Waals surface area contributed by atoms with Crippen LogP contribution >= 0.6 is 7.37 Å². The Bertz CT molecular complexity index is 182. The maximum absolute atomic E-state index is 11.7. The van der Waals surface area contributed by atoms with Crippen molar-refractivity contribution in [3.05, 3.63) is 0 Å². The summed E-state index contributed by atoms with van der Waals surface area (Å²) < 4.78 is 11.7. The Morgan fingerprint density at radius 1 is 1.42 bits per heavy atom. The summed E-state index contributed by atoms with van der Waals surface area (Å²) in [6.07, 6.45) is 0.703. The van der Waals surface area contributed by atoms with Gasteiger partial charge in [0.15, 0.2) is 0 Å². The Balaban J connectivity index is 4.49. The van der Waals surface area contributed by atoms with Gasteiger partial charge >= 0.3 is 0 Å². The smallest absolute Gasteiger partial charge is 0.219 e. The molecule has 0 amide bonds.